The van der Waals surface area contributed by atoms with Gasteiger partial charge < -0.3 is 24.4 Å². The second-order valence-electron chi connectivity index (χ2n) is 10.9. The minimum absolute atomic E-state index is 0.117. The number of likely N-dealkylation sites (tertiary alicyclic amines) is 1. The van der Waals surface area contributed by atoms with Crippen molar-refractivity contribution < 1.29 is 29.0 Å². The smallest absolute Gasteiger partial charge is 0.312 e. The van der Waals surface area contributed by atoms with Crippen molar-refractivity contribution >= 4 is 35.1 Å². The summed E-state index contributed by atoms with van der Waals surface area (Å²) >= 11 is 6.53. The van der Waals surface area contributed by atoms with Crippen molar-refractivity contribution in [2.75, 3.05) is 31.2 Å². The first-order chi connectivity index (χ1) is 19.3. The Balaban J connectivity index is 1.74. The fraction of sp³-hybridized carbons (Fsp3) is 0.581. The summed E-state index contributed by atoms with van der Waals surface area (Å²) < 4.78 is 12.4. The fourth-order valence-corrected chi connectivity index (χ4v) is 7.17. The quantitative estimate of drug-likeness (QED) is 0.186. The SMILES string of the molecule is C=CCCOC(=O)[C@H]1[C@H]2C(=O)N(CCCCCCO)C(C(=O)N(CC=C)c3ccccc3Cl)C23CC[C@]1(CC)O3. The number of amides is 2. The number of hydrogen-bond donors (Lipinski definition) is 1. The molecule has 40 heavy (non-hydrogen) atoms. The van der Waals surface area contributed by atoms with Gasteiger partial charge in [0.1, 0.15) is 17.6 Å². The average molecular weight is 573 g/mol. The van der Waals surface area contributed by atoms with E-state index in [0.29, 0.717) is 55.8 Å². The summed E-state index contributed by atoms with van der Waals surface area (Å²) in [5.41, 5.74) is -1.47. The molecule has 3 saturated heterocycles. The summed E-state index contributed by atoms with van der Waals surface area (Å²) in [4.78, 5) is 45.5. The second-order valence-corrected chi connectivity index (χ2v) is 11.3. The number of fused-ring (bicyclic) bond motifs is 1. The van der Waals surface area contributed by atoms with Gasteiger partial charge in [0.15, 0.2) is 0 Å². The van der Waals surface area contributed by atoms with Crippen LogP contribution in [0.25, 0.3) is 0 Å². The Labute approximate surface area is 241 Å². The van der Waals surface area contributed by atoms with Gasteiger partial charge in [-0.3, -0.25) is 14.4 Å². The molecule has 3 fully saturated rings. The monoisotopic (exact) mass is 572 g/mol. The summed E-state index contributed by atoms with van der Waals surface area (Å²) in [6.07, 6.45) is 8.39. The third kappa shape index (κ3) is 5.21. The van der Waals surface area contributed by atoms with Crippen molar-refractivity contribution in [2.24, 2.45) is 11.8 Å². The minimum Gasteiger partial charge on any atom is -0.465 e. The van der Waals surface area contributed by atoms with Gasteiger partial charge in [-0.2, -0.15) is 0 Å². The van der Waals surface area contributed by atoms with Crippen molar-refractivity contribution in [2.45, 2.75) is 75.5 Å². The summed E-state index contributed by atoms with van der Waals surface area (Å²) in [6, 6.07) is 6.18. The molecule has 1 aromatic rings. The molecule has 0 aliphatic carbocycles. The van der Waals surface area contributed by atoms with Gasteiger partial charge in [0.2, 0.25) is 5.91 Å². The number of esters is 1. The Morgan fingerprint density at radius 3 is 2.62 bits per heavy atom. The molecule has 1 spiro atoms. The third-order valence-electron chi connectivity index (χ3n) is 8.76. The normalized spacial score (nSPS) is 28.4. The number of para-hydroxylation sites is 1. The molecule has 9 heteroatoms. The predicted octanol–water partition coefficient (Wildman–Crippen LogP) is 4.69. The van der Waals surface area contributed by atoms with Crippen LogP contribution in [0.4, 0.5) is 5.69 Å². The number of nitrogens with zero attached hydrogens (tertiary/aromatic N) is 2. The summed E-state index contributed by atoms with van der Waals surface area (Å²) in [7, 11) is 0. The molecule has 2 unspecified atom stereocenters. The predicted molar refractivity (Wildman–Crippen MR) is 154 cm³/mol. The molecule has 0 radical (unpaired) electrons. The number of carbonyl (C=O) groups is 3. The highest BCUT2D eigenvalue weighted by atomic mass is 35.5. The Kier molecular flexibility index (Phi) is 9.75. The van der Waals surface area contributed by atoms with Crippen LogP contribution in [0.1, 0.15) is 58.3 Å². The molecule has 1 N–H and O–H groups in total. The van der Waals surface area contributed by atoms with E-state index >= 15 is 0 Å². The Bertz CT molecular complexity index is 1130. The first-order valence-electron chi connectivity index (χ1n) is 14.4. The molecular weight excluding hydrogens is 532 g/mol. The van der Waals surface area contributed by atoms with Crippen molar-refractivity contribution in [1.29, 1.82) is 0 Å². The van der Waals surface area contributed by atoms with Gasteiger partial charge in [-0.1, -0.05) is 55.7 Å². The summed E-state index contributed by atoms with van der Waals surface area (Å²) in [5.74, 6) is -2.58. The van der Waals surface area contributed by atoms with Gasteiger partial charge in [0, 0.05) is 19.7 Å². The molecule has 3 aliphatic heterocycles. The standard InChI is InChI=1S/C31H41ClN2O6/c1-4-7-21-39-29(38)25-24-27(36)34(19-12-8-9-13-20-35)26(31(24)17-16-30(25,6-3)40-31)28(37)33(18-5-2)23-15-11-10-14-22(23)32/h4-5,10-11,14-15,24-26,35H,1-2,6-9,12-13,16-21H2,3H3/t24-,25+,26?,30-,31?/m0/s1. The van der Waals surface area contributed by atoms with E-state index < -0.39 is 35.0 Å². The maximum Gasteiger partial charge on any atom is 0.312 e. The zero-order valence-electron chi connectivity index (χ0n) is 23.4. The molecule has 3 heterocycles. The highest BCUT2D eigenvalue weighted by Crippen LogP contribution is 2.64. The lowest BCUT2D eigenvalue weighted by Gasteiger charge is -2.37. The number of anilines is 1. The molecule has 5 atom stereocenters. The Hall–Kier alpha value is -2.68. The molecule has 8 nitrogen and oxygen atoms in total. The number of aliphatic hydroxyl groups excluding tert-OH is 1. The van der Waals surface area contributed by atoms with Crippen LogP contribution < -0.4 is 4.90 Å². The lowest BCUT2D eigenvalue weighted by molar-refractivity contribution is -0.160. The summed E-state index contributed by atoms with van der Waals surface area (Å²) in [6.45, 7) is 10.3. The Morgan fingerprint density at radius 2 is 1.95 bits per heavy atom. The van der Waals surface area contributed by atoms with E-state index in [9.17, 15) is 14.4 Å². The molecule has 4 rings (SSSR count). The zero-order chi connectivity index (χ0) is 28.9. The minimum atomic E-state index is -1.14. The van der Waals surface area contributed by atoms with E-state index in [1.54, 1.807) is 40.2 Å². The van der Waals surface area contributed by atoms with Crippen LogP contribution in [0.5, 0.6) is 0 Å². The number of benzene rings is 1. The van der Waals surface area contributed by atoms with E-state index in [0.717, 1.165) is 12.8 Å². The Morgan fingerprint density at radius 1 is 1.20 bits per heavy atom. The summed E-state index contributed by atoms with van der Waals surface area (Å²) in [5, 5.41) is 9.58. The van der Waals surface area contributed by atoms with Crippen molar-refractivity contribution in [3.63, 3.8) is 0 Å². The topological polar surface area (TPSA) is 96.4 Å². The van der Waals surface area contributed by atoms with Gasteiger partial charge in [-0.05, 0) is 50.7 Å². The fourth-order valence-electron chi connectivity index (χ4n) is 6.93. The number of carbonyl (C=O) groups excluding carboxylic acids is 3. The number of halogens is 1. The van der Waals surface area contributed by atoms with Crippen LogP contribution >= 0.6 is 11.6 Å². The second kappa shape index (κ2) is 12.9. The molecular formula is C31H41ClN2O6. The van der Waals surface area contributed by atoms with Gasteiger partial charge in [0.25, 0.3) is 5.91 Å². The van der Waals surface area contributed by atoms with Crippen LogP contribution in [0.2, 0.25) is 5.02 Å². The van der Waals surface area contributed by atoms with E-state index in [1.165, 1.54) is 0 Å². The maximum absolute atomic E-state index is 14.6. The third-order valence-corrected chi connectivity index (χ3v) is 9.08. The van der Waals surface area contributed by atoms with Crippen molar-refractivity contribution in [3.05, 3.63) is 54.6 Å². The number of rotatable bonds is 15. The molecule has 0 aromatic heterocycles. The number of aliphatic hydroxyl groups is 1. The number of hydrogen-bond acceptors (Lipinski definition) is 6. The van der Waals surface area contributed by atoms with E-state index in [1.807, 2.05) is 13.0 Å². The van der Waals surface area contributed by atoms with Gasteiger partial charge in [0.05, 0.1) is 28.8 Å². The van der Waals surface area contributed by atoms with Gasteiger partial charge in [-0.25, -0.2) is 0 Å². The first-order valence-corrected chi connectivity index (χ1v) is 14.8. The van der Waals surface area contributed by atoms with E-state index in [4.69, 9.17) is 26.2 Å². The molecule has 218 valence electrons. The van der Waals surface area contributed by atoms with Gasteiger partial charge >= 0.3 is 5.97 Å². The molecule has 2 amide bonds. The number of unbranched alkanes of at least 4 members (excludes halogenated alkanes) is 3. The van der Waals surface area contributed by atoms with Gasteiger partial charge in [-0.15, -0.1) is 13.2 Å². The van der Waals surface area contributed by atoms with Crippen LogP contribution in [-0.2, 0) is 23.9 Å². The molecule has 3 aliphatic rings. The lowest BCUT2D eigenvalue weighted by Crippen LogP contribution is -2.56. The maximum atomic E-state index is 14.6. The molecule has 0 saturated carbocycles. The molecule has 1 aromatic carbocycles. The average Bonchev–Trinajstić information content (AvgIpc) is 3.55. The lowest BCUT2D eigenvalue weighted by atomic mass is 9.65. The highest BCUT2D eigenvalue weighted by Gasteiger charge is 2.79. The van der Waals surface area contributed by atoms with Crippen LogP contribution in [0, 0.1) is 11.8 Å². The largest absolute Gasteiger partial charge is 0.465 e. The van der Waals surface area contributed by atoms with E-state index in [-0.39, 0.29) is 31.6 Å². The highest BCUT2D eigenvalue weighted by molar-refractivity contribution is 6.34. The first kappa shape index (κ1) is 30.3. The molecule has 2 bridgehead atoms. The van der Waals surface area contributed by atoms with E-state index in [2.05, 4.69) is 13.2 Å². The van der Waals surface area contributed by atoms with Crippen molar-refractivity contribution in [3.8, 4) is 0 Å². The van der Waals surface area contributed by atoms with Crippen LogP contribution in [-0.4, -0.2) is 71.3 Å². The van der Waals surface area contributed by atoms with Crippen LogP contribution in [0.3, 0.4) is 0 Å². The van der Waals surface area contributed by atoms with Crippen LogP contribution in [0.15, 0.2) is 49.6 Å². The van der Waals surface area contributed by atoms with Crippen molar-refractivity contribution in [1.82, 2.24) is 4.90 Å². The zero-order valence-corrected chi connectivity index (χ0v) is 24.1. The number of ether oxygens (including phenoxy) is 2.